The van der Waals surface area contributed by atoms with Crippen LogP contribution in [0.15, 0.2) is 77.3 Å². The highest BCUT2D eigenvalue weighted by atomic mass is 16.5. The molecule has 1 unspecified atom stereocenters. The number of hydrogen-bond donors (Lipinski definition) is 2. The van der Waals surface area contributed by atoms with E-state index in [-0.39, 0.29) is 35.1 Å². The van der Waals surface area contributed by atoms with E-state index in [0.29, 0.717) is 24.3 Å². The Morgan fingerprint density at radius 1 is 1.03 bits per heavy atom. The summed E-state index contributed by atoms with van der Waals surface area (Å²) in [5, 5.41) is 12.9. The number of benzene rings is 2. The van der Waals surface area contributed by atoms with Crippen LogP contribution >= 0.6 is 0 Å². The van der Waals surface area contributed by atoms with Crippen molar-refractivity contribution in [3.05, 3.63) is 82.8 Å². The molecule has 10 nitrogen and oxygen atoms in total. The summed E-state index contributed by atoms with van der Waals surface area (Å²) in [6.45, 7) is 1.41. The molecule has 2 aliphatic rings. The Bertz CT molecular complexity index is 1290. The average molecular weight is 488 g/mol. The number of piperazine rings is 1. The maximum atomic E-state index is 13.1. The van der Waals surface area contributed by atoms with E-state index in [1.165, 1.54) is 19.1 Å². The summed E-state index contributed by atoms with van der Waals surface area (Å²) in [6, 6.07) is 17.9. The third-order valence-electron chi connectivity index (χ3n) is 6.12. The molecule has 1 saturated heterocycles. The maximum absolute atomic E-state index is 13.1. The van der Waals surface area contributed by atoms with Crippen LogP contribution in [0.5, 0.6) is 0 Å². The molecular formula is C26H25N5O5. The summed E-state index contributed by atoms with van der Waals surface area (Å²) in [4.78, 5) is 41.2. The van der Waals surface area contributed by atoms with Crippen molar-refractivity contribution in [1.29, 1.82) is 5.26 Å². The van der Waals surface area contributed by atoms with Gasteiger partial charge in [-0.05, 0) is 29.8 Å². The van der Waals surface area contributed by atoms with Crippen LogP contribution in [0.25, 0.3) is 0 Å². The van der Waals surface area contributed by atoms with Crippen molar-refractivity contribution in [2.24, 2.45) is 5.73 Å². The van der Waals surface area contributed by atoms with Crippen molar-refractivity contribution in [1.82, 2.24) is 5.32 Å². The minimum atomic E-state index is -0.930. The molecule has 4 rings (SSSR count). The van der Waals surface area contributed by atoms with Gasteiger partial charge in [-0.1, -0.05) is 30.3 Å². The van der Waals surface area contributed by atoms with E-state index in [1.807, 2.05) is 4.90 Å². The predicted molar refractivity (Wildman–Crippen MR) is 131 cm³/mol. The zero-order valence-electron chi connectivity index (χ0n) is 19.9. The number of amides is 1. The molecule has 2 aliphatic heterocycles. The van der Waals surface area contributed by atoms with Crippen LogP contribution in [0.1, 0.15) is 11.5 Å². The van der Waals surface area contributed by atoms with Crippen LogP contribution in [-0.4, -0.2) is 51.7 Å². The zero-order valence-corrected chi connectivity index (χ0v) is 19.9. The van der Waals surface area contributed by atoms with Crippen molar-refractivity contribution in [2.75, 3.05) is 43.7 Å². The number of nitriles is 1. The largest absolute Gasteiger partial charge is 0.466 e. The number of methoxy groups -OCH3 is 2. The lowest BCUT2D eigenvalue weighted by Crippen LogP contribution is -2.47. The highest BCUT2D eigenvalue weighted by Gasteiger charge is 2.43. The van der Waals surface area contributed by atoms with E-state index in [4.69, 9.17) is 15.2 Å². The molecule has 1 atom stereocenters. The Morgan fingerprint density at radius 3 is 2.25 bits per heavy atom. The minimum absolute atomic E-state index is 0.00972. The number of rotatable bonds is 5. The van der Waals surface area contributed by atoms with Crippen LogP contribution in [0.4, 0.5) is 11.4 Å². The second-order valence-electron chi connectivity index (χ2n) is 8.12. The smallest absolute Gasteiger partial charge is 0.355 e. The Hall–Kier alpha value is -4.78. The summed E-state index contributed by atoms with van der Waals surface area (Å²) in [5.74, 6) is -2.61. The number of carbonyl (C=O) groups excluding carboxylic acids is 3. The molecule has 2 aromatic carbocycles. The van der Waals surface area contributed by atoms with Crippen molar-refractivity contribution >= 4 is 29.2 Å². The molecule has 1 fully saturated rings. The number of nitrogens with two attached hydrogens (primary N) is 1. The second kappa shape index (κ2) is 10.2. The number of ether oxygens (including phenoxy) is 2. The number of anilines is 2. The Kier molecular flexibility index (Phi) is 6.92. The van der Waals surface area contributed by atoms with Gasteiger partial charge in [-0.2, -0.15) is 5.26 Å². The van der Waals surface area contributed by atoms with Gasteiger partial charge >= 0.3 is 11.9 Å². The summed E-state index contributed by atoms with van der Waals surface area (Å²) >= 11 is 0. The van der Waals surface area contributed by atoms with Gasteiger partial charge in [0.2, 0.25) is 5.91 Å². The summed E-state index contributed by atoms with van der Waals surface area (Å²) in [6.07, 6.45) is 0. The summed E-state index contributed by atoms with van der Waals surface area (Å²) in [7, 11) is 2.40. The maximum Gasteiger partial charge on any atom is 0.355 e. The van der Waals surface area contributed by atoms with Crippen molar-refractivity contribution < 1.29 is 23.9 Å². The molecule has 10 heteroatoms. The number of hydrogen-bond acceptors (Lipinski definition) is 9. The Labute approximate surface area is 208 Å². The van der Waals surface area contributed by atoms with Gasteiger partial charge in [0, 0.05) is 24.5 Å². The van der Waals surface area contributed by atoms with Crippen molar-refractivity contribution in [3.63, 3.8) is 0 Å². The minimum Gasteiger partial charge on any atom is -0.466 e. The molecule has 3 N–H and O–H groups in total. The van der Waals surface area contributed by atoms with Crippen LogP contribution in [0, 0.1) is 11.3 Å². The van der Waals surface area contributed by atoms with Crippen LogP contribution in [-0.2, 0) is 23.9 Å². The van der Waals surface area contributed by atoms with Gasteiger partial charge in [-0.15, -0.1) is 0 Å². The average Bonchev–Trinajstić information content (AvgIpc) is 2.92. The first-order valence-corrected chi connectivity index (χ1v) is 11.2. The third-order valence-corrected chi connectivity index (χ3v) is 6.12. The van der Waals surface area contributed by atoms with E-state index in [9.17, 15) is 19.6 Å². The number of allylic oxidation sites excluding steroid dienone is 1. The van der Waals surface area contributed by atoms with Crippen LogP contribution in [0.2, 0.25) is 0 Å². The molecule has 1 amide bonds. The SMILES string of the molecule is COC(=O)C1=C(C(=O)OC)N(c2ccc(N3CCNC(=O)C3)cc2)C(N)=C(C#N)C1c1ccccc1. The molecule has 184 valence electrons. The number of esters is 2. The molecular weight excluding hydrogens is 462 g/mol. The van der Waals surface area contributed by atoms with E-state index < -0.39 is 17.9 Å². The Morgan fingerprint density at radius 2 is 1.67 bits per heavy atom. The van der Waals surface area contributed by atoms with Crippen LogP contribution in [0.3, 0.4) is 0 Å². The lowest BCUT2D eigenvalue weighted by molar-refractivity contribution is -0.139. The lowest BCUT2D eigenvalue weighted by atomic mass is 9.81. The molecule has 0 bridgehead atoms. The topological polar surface area (TPSA) is 138 Å². The lowest BCUT2D eigenvalue weighted by Gasteiger charge is -2.36. The number of nitrogens with one attached hydrogen (secondary N) is 1. The fourth-order valence-corrected chi connectivity index (χ4v) is 4.45. The van der Waals surface area contributed by atoms with Gasteiger partial charge in [0.15, 0.2) is 0 Å². The van der Waals surface area contributed by atoms with E-state index in [2.05, 4.69) is 11.4 Å². The summed E-state index contributed by atoms with van der Waals surface area (Å²) < 4.78 is 10.1. The first-order chi connectivity index (χ1) is 17.4. The molecule has 0 saturated carbocycles. The zero-order chi connectivity index (χ0) is 25.8. The number of nitrogens with zero attached hydrogens (tertiary/aromatic N) is 3. The quantitative estimate of drug-likeness (QED) is 0.601. The normalized spacial score (nSPS) is 17.9. The van der Waals surface area contributed by atoms with E-state index in [0.717, 1.165) is 5.69 Å². The highest BCUT2D eigenvalue weighted by Crippen LogP contribution is 2.43. The molecule has 2 aromatic rings. The predicted octanol–water partition coefficient (Wildman–Crippen LogP) is 1.52. The second-order valence-corrected chi connectivity index (χ2v) is 8.12. The van der Waals surface area contributed by atoms with Gasteiger partial charge in [-0.25, -0.2) is 9.59 Å². The fraction of sp³-hybridized carbons (Fsp3) is 0.231. The van der Waals surface area contributed by atoms with Crippen molar-refractivity contribution in [2.45, 2.75) is 5.92 Å². The molecule has 0 spiro atoms. The number of carbonyl (C=O) groups is 3. The standard InChI is InChI=1S/C26H25N5O5/c1-35-25(33)22-21(16-6-4-3-5-7-16)19(14-27)24(28)31(23(22)26(34)36-2)18-10-8-17(9-11-18)30-13-12-29-20(32)15-30/h3-11,21H,12-13,15,28H2,1-2H3,(H,29,32). The molecule has 0 aliphatic carbocycles. The van der Waals surface area contributed by atoms with E-state index in [1.54, 1.807) is 54.6 Å². The Balaban J connectivity index is 1.89. The van der Waals surface area contributed by atoms with Gasteiger partial charge < -0.3 is 25.4 Å². The summed E-state index contributed by atoms with van der Waals surface area (Å²) in [5.41, 5.74) is 8.22. The molecule has 36 heavy (non-hydrogen) atoms. The van der Waals surface area contributed by atoms with Crippen LogP contribution < -0.4 is 20.9 Å². The van der Waals surface area contributed by atoms with Crippen molar-refractivity contribution in [3.8, 4) is 6.07 Å². The first-order valence-electron chi connectivity index (χ1n) is 11.2. The van der Waals surface area contributed by atoms with Gasteiger partial charge in [0.05, 0.1) is 43.9 Å². The van der Waals surface area contributed by atoms with Gasteiger partial charge in [-0.3, -0.25) is 9.69 Å². The monoisotopic (exact) mass is 487 g/mol. The highest BCUT2D eigenvalue weighted by molar-refractivity contribution is 6.06. The molecule has 2 heterocycles. The van der Waals surface area contributed by atoms with Gasteiger partial charge in [0.25, 0.3) is 0 Å². The first kappa shape index (κ1) is 24.3. The third kappa shape index (κ3) is 4.34. The van der Waals surface area contributed by atoms with Gasteiger partial charge in [0.1, 0.15) is 11.5 Å². The molecule has 0 aromatic heterocycles. The van der Waals surface area contributed by atoms with E-state index >= 15 is 0 Å². The molecule has 0 radical (unpaired) electrons. The fourth-order valence-electron chi connectivity index (χ4n) is 4.45.